The average Bonchev–Trinajstić information content (AvgIpc) is 2.70. The van der Waals surface area contributed by atoms with Crippen LogP contribution in [0.15, 0.2) is 16.7 Å². The van der Waals surface area contributed by atoms with Crippen molar-refractivity contribution in [3.05, 3.63) is 22.3 Å². The van der Waals surface area contributed by atoms with Crippen molar-refractivity contribution in [3.8, 4) is 0 Å². The van der Waals surface area contributed by atoms with E-state index in [1.807, 2.05) is 0 Å². The van der Waals surface area contributed by atoms with E-state index in [1.165, 1.54) is 4.90 Å². The predicted octanol–water partition coefficient (Wildman–Crippen LogP) is 2.17. The monoisotopic (exact) mass is 337 g/mol. The van der Waals surface area contributed by atoms with Gasteiger partial charge in [-0.25, -0.2) is 4.98 Å². The lowest BCUT2D eigenvalue weighted by Gasteiger charge is -2.17. The van der Waals surface area contributed by atoms with E-state index in [2.05, 4.69) is 20.9 Å². The van der Waals surface area contributed by atoms with E-state index in [0.29, 0.717) is 13.1 Å². The highest BCUT2D eigenvalue weighted by atomic mass is 79.9. The van der Waals surface area contributed by atoms with Crippen LogP contribution in [-0.4, -0.2) is 24.0 Å². The second-order valence-corrected chi connectivity index (χ2v) is 5.18. The van der Waals surface area contributed by atoms with Crippen molar-refractivity contribution < 1.29 is 18.0 Å². The maximum absolute atomic E-state index is 12.8. The van der Waals surface area contributed by atoms with Gasteiger partial charge in [0.25, 0.3) is 0 Å². The Labute approximate surface area is 115 Å². The Balaban J connectivity index is 2.34. The Morgan fingerprint density at radius 1 is 1.53 bits per heavy atom. The summed E-state index contributed by atoms with van der Waals surface area (Å²) in [5.74, 6) is -0.276. The Kier molecular flexibility index (Phi) is 3.82. The first-order chi connectivity index (χ1) is 8.82. The molecule has 2 N–H and O–H groups in total. The molecule has 1 saturated heterocycles. The number of carbonyl (C=O) groups excluding carboxylic acids is 1. The van der Waals surface area contributed by atoms with Gasteiger partial charge in [-0.3, -0.25) is 9.69 Å². The number of hydrogen-bond acceptors (Lipinski definition) is 3. The molecule has 1 unspecified atom stereocenters. The van der Waals surface area contributed by atoms with Crippen molar-refractivity contribution >= 4 is 27.7 Å². The molecule has 0 aliphatic carbocycles. The van der Waals surface area contributed by atoms with Gasteiger partial charge in [-0.15, -0.1) is 0 Å². The molecule has 4 nitrogen and oxygen atoms in total. The maximum Gasteiger partial charge on any atom is 0.417 e. The highest BCUT2D eigenvalue weighted by Gasteiger charge is 2.36. The number of nitrogens with zero attached hydrogens (tertiary/aromatic N) is 2. The molecule has 2 rings (SSSR count). The summed E-state index contributed by atoms with van der Waals surface area (Å²) in [4.78, 5) is 16.8. The van der Waals surface area contributed by atoms with Gasteiger partial charge in [-0.1, -0.05) is 0 Å². The lowest BCUT2D eigenvalue weighted by molar-refractivity contribution is -0.138. The summed E-state index contributed by atoms with van der Waals surface area (Å²) >= 11 is 2.81. The number of halogens is 4. The van der Waals surface area contributed by atoms with Gasteiger partial charge in [-0.05, 0) is 34.5 Å². The molecule has 1 amide bonds. The van der Waals surface area contributed by atoms with Crippen molar-refractivity contribution in [2.24, 2.45) is 11.7 Å². The van der Waals surface area contributed by atoms with Crippen molar-refractivity contribution in [2.75, 3.05) is 18.0 Å². The number of hydrogen-bond donors (Lipinski definition) is 1. The third-order valence-corrected chi connectivity index (χ3v) is 3.59. The summed E-state index contributed by atoms with van der Waals surface area (Å²) in [6.45, 7) is 0.631. The Morgan fingerprint density at radius 2 is 2.21 bits per heavy atom. The van der Waals surface area contributed by atoms with Crippen molar-refractivity contribution in [3.63, 3.8) is 0 Å². The van der Waals surface area contributed by atoms with Crippen LogP contribution in [-0.2, 0) is 11.0 Å². The molecule has 0 radical (unpaired) electrons. The number of aromatic nitrogens is 1. The fourth-order valence-corrected chi connectivity index (χ4v) is 2.40. The summed E-state index contributed by atoms with van der Waals surface area (Å²) in [5, 5.41) is 0. The molecule has 8 heteroatoms. The van der Waals surface area contributed by atoms with E-state index < -0.39 is 11.7 Å². The molecule has 1 atom stereocenters. The quantitative estimate of drug-likeness (QED) is 0.899. The van der Waals surface area contributed by atoms with E-state index >= 15 is 0 Å². The largest absolute Gasteiger partial charge is 0.417 e. The van der Waals surface area contributed by atoms with Crippen LogP contribution in [0.1, 0.15) is 12.0 Å². The van der Waals surface area contributed by atoms with Crippen LogP contribution in [0.2, 0.25) is 0 Å². The summed E-state index contributed by atoms with van der Waals surface area (Å²) in [6.07, 6.45) is -3.19. The Bertz CT molecular complexity index is 506. The number of amides is 1. The van der Waals surface area contributed by atoms with Crippen LogP contribution in [0.5, 0.6) is 0 Å². The number of carbonyl (C=O) groups is 1. The van der Waals surface area contributed by atoms with E-state index in [0.717, 1.165) is 12.3 Å². The zero-order valence-electron chi connectivity index (χ0n) is 9.75. The van der Waals surface area contributed by atoms with Crippen LogP contribution in [0, 0.1) is 5.92 Å². The lowest BCUT2D eigenvalue weighted by atomic mass is 10.1. The minimum absolute atomic E-state index is 0.0106. The van der Waals surface area contributed by atoms with Crippen molar-refractivity contribution in [1.82, 2.24) is 4.98 Å². The van der Waals surface area contributed by atoms with E-state index in [9.17, 15) is 18.0 Å². The zero-order chi connectivity index (χ0) is 14.2. The average molecular weight is 338 g/mol. The van der Waals surface area contributed by atoms with Gasteiger partial charge >= 0.3 is 6.18 Å². The highest BCUT2D eigenvalue weighted by Crippen LogP contribution is 2.36. The molecular formula is C11H11BrF3N3O. The topological polar surface area (TPSA) is 59.2 Å². The number of nitrogens with two attached hydrogens (primary N) is 1. The van der Waals surface area contributed by atoms with Crippen molar-refractivity contribution in [1.29, 1.82) is 0 Å². The Morgan fingerprint density at radius 3 is 2.74 bits per heavy atom. The molecule has 1 aromatic heterocycles. The third-order valence-electron chi connectivity index (χ3n) is 2.96. The molecular weight excluding hydrogens is 327 g/mol. The van der Waals surface area contributed by atoms with Gasteiger partial charge in [0.2, 0.25) is 5.91 Å². The summed E-state index contributed by atoms with van der Waals surface area (Å²) in [5.41, 5.74) is 4.63. The standard InChI is InChI=1S/C11H11BrF3N3O/c12-8-4-17-9(2-7(8)11(13,14)15)18-5-6(3-16)1-10(18)19/h2,4,6H,1,3,5,16H2. The molecule has 1 aliphatic rings. The fraction of sp³-hybridized carbons (Fsp3) is 0.455. The SMILES string of the molecule is NCC1CC(=O)N(c2cc(C(F)(F)F)c(Br)cn2)C1. The first-order valence-electron chi connectivity index (χ1n) is 5.56. The maximum atomic E-state index is 12.8. The van der Waals surface area contributed by atoms with Gasteiger partial charge in [0.1, 0.15) is 5.82 Å². The molecule has 1 aromatic rings. The van der Waals surface area contributed by atoms with Gasteiger partial charge in [0, 0.05) is 23.6 Å². The van der Waals surface area contributed by atoms with Crippen LogP contribution in [0.4, 0.5) is 19.0 Å². The zero-order valence-corrected chi connectivity index (χ0v) is 11.3. The van der Waals surface area contributed by atoms with E-state index in [4.69, 9.17) is 5.73 Å². The molecule has 19 heavy (non-hydrogen) atoms. The van der Waals surface area contributed by atoms with E-state index in [-0.39, 0.29) is 28.5 Å². The molecule has 1 aliphatic heterocycles. The fourth-order valence-electron chi connectivity index (χ4n) is 1.95. The normalized spacial score (nSPS) is 20.2. The predicted molar refractivity (Wildman–Crippen MR) is 66.5 cm³/mol. The van der Waals surface area contributed by atoms with Crippen molar-refractivity contribution in [2.45, 2.75) is 12.6 Å². The highest BCUT2D eigenvalue weighted by molar-refractivity contribution is 9.10. The minimum atomic E-state index is -4.49. The number of rotatable bonds is 2. The number of anilines is 1. The summed E-state index contributed by atoms with van der Waals surface area (Å²) in [7, 11) is 0. The number of alkyl halides is 3. The molecule has 0 spiro atoms. The molecule has 0 bridgehead atoms. The first kappa shape index (κ1) is 14.3. The van der Waals surface area contributed by atoms with Crippen LogP contribution in [0.25, 0.3) is 0 Å². The van der Waals surface area contributed by atoms with Gasteiger partial charge in [0.05, 0.1) is 5.56 Å². The van der Waals surface area contributed by atoms with E-state index in [1.54, 1.807) is 0 Å². The van der Waals surface area contributed by atoms with Gasteiger partial charge < -0.3 is 5.73 Å². The molecule has 104 valence electrons. The first-order valence-corrected chi connectivity index (χ1v) is 6.35. The second kappa shape index (κ2) is 5.09. The molecule has 0 aromatic carbocycles. The molecule has 1 fully saturated rings. The summed E-state index contributed by atoms with van der Waals surface area (Å²) in [6, 6.07) is 0.876. The summed E-state index contributed by atoms with van der Waals surface area (Å²) < 4.78 is 38.2. The van der Waals surface area contributed by atoms with Gasteiger partial charge in [0.15, 0.2) is 0 Å². The van der Waals surface area contributed by atoms with Crippen LogP contribution < -0.4 is 10.6 Å². The lowest BCUT2D eigenvalue weighted by Crippen LogP contribution is -2.27. The molecule has 2 heterocycles. The number of pyridine rings is 1. The molecule has 0 saturated carbocycles. The smallest absolute Gasteiger partial charge is 0.330 e. The Hall–Kier alpha value is -1.15. The third kappa shape index (κ3) is 2.89. The van der Waals surface area contributed by atoms with Crippen LogP contribution in [0.3, 0.4) is 0 Å². The minimum Gasteiger partial charge on any atom is -0.330 e. The van der Waals surface area contributed by atoms with Gasteiger partial charge in [-0.2, -0.15) is 13.2 Å². The second-order valence-electron chi connectivity index (χ2n) is 4.33. The van der Waals surface area contributed by atoms with Crippen LogP contribution >= 0.6 is 15.9 Å².